The zero-order chi connectivity index (χ0) is 15.7. The number of hydrogen-bond donors (Lipinski definition) is 1. The van der Waals surface area contributed by atoms with E-state index in [1.54, 1.807) is 36.4 Å². The van der Waals surface area contributed by atoms with E-state index in [1.807, 2.05) is 6.92 Å². The van der Waals surface area contributed by atoms with Crippen LogP contribution in [-0.4, -0.2) is 26.8 Å². The molecule has 1 aliphatic heterocycles. The molecule has 0 amide bonds. The van der Waals surface area contributed by atoms with E-state index in [2.05, 4.69) is 4.72 Å². The number of carbonyl (C=O) groups excluding carboxylic acids is 1. The fourth-order valence-corrected chi connectivity index (χ4v) is 3.47. The number of hydrogen-bond acceptors (Lipinski definition) is 4. The lowest BCUT2D eigenvalue weighted by molar-refractivity contribution is 0.0887. The van der Waals surface area contributed by atoms with Gasteiger partial charge in [0.15, 0.2) is 5.78 Å². The van der Waals surface area contributed by atoms with Crippen molar-refractivity contribution >= 4 is 15.8 Å². The number of ketones is 1. The van der Waals surface area contributed by atoms with Crippen molar-refractivity contribution in [3.05, 3.63) is 59.7 Å². The number of nitrogens with one attached hydrogen (secondary N) is 1. The lowest BCUT2D eigenvalue weighted by atomic mass is 10.0. The first-order valence-electron chi connectivity index (χ1n) is 6.82. The van der Waals surface area contributed by atoms with Crippen LogP contribution in [0.1, 0.15) is 15.9 Å². The summed E-state index contributed by atoms with van der Waals surface area (Å²) in [6.45, 7) is 1.86. The van der Waals surface area contributed by atoms with Gasteiger partial charge in [0, 0.05) is 0 Å². The van der Waals surface area contributed by atoms with Crippen molar-refractivity contribution in [3.63, 3.8) is 0 Å². The normalized spacial score (nSPS) is 17.7. The van der Waals surface area contributed by atoms with Crippen molar-refractivity contribution in [2.75, 3.05) is 6.61 Å². The average Bonchev–Trinajstić information content (AvgIpc) is 2.51. The monoisotopic (exact) mass is 317 g/mol. The average molecular weight is 317 g/mol. The molecule has 0 bridgehead atoms. The molecule has 3 rings (SSSR count). The number of Topliss-reactive ketones (excluding diaryl/α,β-unsaturated/α-hetero) is 1. The molecule has 1 heterocycles. The molecular weight excluding hydrogens is 302 g/mol. The highest BCUT2D eigenvalue weighted by molar-refractivity contribution is 7.89. The van der Waals surface area contributed by atoms with Crippen LogP contribution in [-0.2, 0) is 10.0 Å². The minimum atomic E-state index is -3.76. The number of ether oxygens (including phenoxy) is 1. The van der Waals surface area contributed by atoms with Crippen LogP contribution < -0.4 is 9.46 Å². The third kappa shape index (κ3) is 2.75. The maximum absolute atomic E-state index is 12.4. The van der Waals surface area contributed by atoms with E-state index < -0.39 is 16.1 Å². The molecule has 114 valence electrons. The number of benzene rings is 2. The van der Waals surface area contributed by atoms with Crippen LogP contribution in [0.2, 0.25) is 0 Å². The van der Waals surface area contributed by atoms with Gasteiger partial charge in [0.25, 0.3) is 0 Å². The van der Waals surface area contributed by atoms with E-state index in [1.165, 1.54) is 12.1 Å². The highest BCUT2D eigenvalue weighted by Crippen LogP contribution is 2.24. The van der Waals surface area contributed by atoms with Gasteiger partial charge in [-0.05, 0) is 31.2 Å². The SMILES string of the molecule is Cc1ccc(S(=O)(=O)NC2COc3ccccc3C2=O)cc1. The second kappa shape index (κ2) is 5.55. The first kappa shape index (κ1) is 14.7. The number of fused-ring (bicyclic) bond motifs is 1. The molecule has 0 saturated carbocycles. The molecule has 2 aromatic carbocycles. The Hall–Kier alpha value is -2.18. The van der Waals surface area contributed by atoms with Crippen molar-refractivity contribution < 1.29 is 17.9 Å². The summed E-state index contributed by atoms with van der Waals surface area (Å²) in [5.41, 5.74) is 1.36. The largest absolute Gasteiger partial charge is 0.491 e. The summed E-state index contributed by atoms with van der Waals surface area (Å²) in [7, 11) is -3.76. The van der Waals surface area contributed by atoms with Crippen molar-refractivity contribution in [1.29, 1.82) is 0 Å². The van der Waals surface area contributed by atoms with Crippen LogP contribution in [0.4, 0.5) is 0 Å². The molecule has 5 nitrogen and oxygen atoms in total. The summed E-state index contributed by atoms with van der Waals surface area (Å²) in [6.07, 6.45) is 0. The van der Waals surface area contributed by atoms with Crippen molar-refractivity contribution in [1.82, 2.24) is 4.72 Å². The Morgan fingerprint density at radius 1 is 1.09 bits per heavy atom. The van der Waals surface area contributed by atoms with E-state index in [-0.39, 0.29) is 17.3 Å². The van der Waals surface area contributed by atoms with Gasteiger partial charge in [-0.15, -0.1) is 0 Å². The Morgan fingerprint density at radius 2 is 1.77 bits per heavy atom. The maximum atomic E-state index is 12.4. The molecule has 1 N–H and O–H groups in total. The predicted molar refractivity (Wildman–Crippen MR) is 81.6 cm³/mol. The molecule has 0 spiro atoms. The highest BCUT2D eigenvalue weighted by Gasteiger charge is 2.32. The van der Waals surface area contributed by atoms with Crippen LogP contribution in [0.15, 0.2) is 53.4 Å². The minimum absolute atomic E-state index is 0.0130. The van der Waals surface area contributed by atoms with Gasteiger partial charge in [-0.2, -0.15) is 4.72 Å². The van der Waals surface area contributed by atoms with Gasteiger partial charge >= 0.3 is 0 Å². The molecule has 1 unspecified atom stereocenters. The molecule has 6 heteroatoms. The molecule has 0 aromatic heterocycles. The standard InChI is InChI=1S/C16H15NO4S/c1-11-6-8-12(9-7-11)22(19,20)17-14-10-21-15-5-3-2-4-13(15)16(14)18/h2-9,14,17H,10H2,1H3. The summed E-state index contributed by atoms with van der Waals surface area (Å²) >= 11 is 0. The first-order chi connectivity index (χ1) is 10.5. The molecule has 2 aromatic rings. The van der Waals surface area contributed by atoms with Gasteiger partial charge in [0.1, 0.15) is 18.4 Å². The zero-order valence-electron chi connectivity index (χ0n) is 11.9. The lowest BCUT2D eigenvalue weighted by Crippen LogP contribution is -2.47. The molecule has 1 aliphatic rings. The minimum Gasteiger partial charge on any atom is -0.491 e. The molecule has 1 atom stereocenters. The van der Waals surface area contributed by atoms with Gasteiger partial charge in [-0.3, -0.25) is 4.79 Å². The van der Waals surface area contributed by atoms with Crippen LogP contribution in [0.25, 0.3) is 0 Å². The van der Waals surface area contributed by atoms with Crippen LogP contribution in [0.3, 0.4) is 0 Å². The van der Waals surface area contributed by atoms with E-state index in [0.717, 1.165) is 5.56 Å². The summed E-state index contributed by atoms with van der Waals surface area (Å²) in [4.78, 5) is 12.5. The lowest BCUT2D eigenvalue weighted by Gasteiger charge is -2.24. The molecule has 22 heavy (non-hydrogen) atoms. The molecule has 0 radical (unpaired) electrons. The fourth-order valence-electron chi connectivity index (χ4n) is 2.29. The smallest absolute Gasteiger partial charge is 0.241 e. The summed E-state index contributed by atoms with van der Waals surface area (Å²) in [5.74, 6) is 0.204. The second-order valence-corrected chi connectivity index (χ2v) is 6.87. The van der Waals surface area contributed by atoms with E-state index in [4.69, 9.17) is 4.74 Å². The topological polar surface area (TPSA) is 72.5 Å². The first-order valence-corrected chi connectivity index (χ1v) is 8.31. The molecule has 0 aliphatic carbocycles. The predicted octanol–water partition coefficient (Wildman–Crippen LogP) is 1.92. The van der Waals surface area contributed by atoms with Crippen molar-refractivity contribution in [3.8, 4) is 5.75 Å². The van der Waals surface area contributed by atoms with E-state index in [9.17, 15) is 13.2 Å². The molecule has 0 fully saturated rings. The van der Waals surface area contributed by atoms with E-state index >= 15 is 0 Å². The summed E-state index contributed by atoms with van der Waals surface area (Å²) in [5, 5.41) is 0. The van der Waals surface area contributed by atoms with Gasteiger partial charge in [-0.1, -0.05) is 29.8 Å². The van der Waals surface area contributed by atoms with Crippen molar-refractivity contribution in [2.24, 2.45) is 0 Å². The second-order valence-electron chi connectivity index (χ2n) is 5.16. The zero-order valence-corrected chi connectivity index (χ0v) is 12.8. The third-order valence-corrected chi connectivity index (χ3v) is 4.99. The maximum Gasteiger partial charge on any atom is 0.241 e. The van der Waals surface area contributed by atoms with Crippen LogP contribution in [0, 0.1) is 6.92 Å². The third-order valence-electron chi connectivity index (χ3n) is 3.50. The number of aryl methyl sites for hydroxylation is 1. The van der Waals surface area contributed by atoms with E-state index in [0.29, 0.717) is 11.3 Å². The van der Waals surface area contributed by atoms with Crippen LogP contribution >= 0.6 is 0 Å². The highest BCUT2D eigenvalue weighted by atomic mass is 32.2. The Kier molecular flexibility index (Phi) is 3.72. The fraction of sp³-hybridized carbons (Fsp3) is 0.188. The van der Waals surface area contributed by atoms with Gasteiger partial charge in [0.05, 0.1) is 10.5 Å². The molecule has 0 saturated heterocycles. The number of rotatable bonds is 3. The van der Waals surface area contributed by atoms with Gasteiger partial charge < -0.3 is 4.74 Å². The Bertz CT molecular complexity index is 812. The molecular formula is C16H15NO4S. The van der Waals surface area contributed by atoms with Crippen LogP contribution in [0.5, 0.6) is 5.75 Å². The summed E-state index contributed by atoms with van der Waals surface area (Å²) < 4.78 is 32.6. The summed E-state index contributed by atoms with van der Waals surface area (Å²) in [6, 6.07) is 12.3. The van der Waals surface area contributed by atoms with Crippen molar-refractivity contribution in [2.45, 2.75) is 17.9 Å². The number of sulfonamides is 1. The number of para-hydroxylation sites is 1. The Balaban J connectivity index is 1.85. The van der Waals surface area contributed by atoms with Gasteiger partial charge in [0.2, 0.25) is 10.0 Å². The van der Waals surface area contributed by atoms with Gasteiger partial charge in [-0.25, -0.2) is 8.42 Å². The quantitative estimate of drug-likeness (QED) is 0.938. The number of carbonyl (C=O) groups is 1. The Labute approximate surface area is 129 Å². The Morgan fingerprint density at radius 3 is 2.50 bits per heavy atom.